The van der Waals surface area contributed by atoms with Crippen LogP contribution in [0, 0.1) is 0 Å². The molecule has 0 fully saturated rings. The second-order valence-electron chi connectivity index (χ2n) is 12.8. The Bertz CT molecular complexity index is 5390. The molecule has 0 spiro atoms. The molecule has 9 aromatic carbocycles. The molecule has 0 unspecified atom stereocenters. The molecular formula is C54H34N4. The fraction of sp³-hybridized carbons (Fsp3) is 0. The summed E-state index contributed by atoms with van der Waals surface area (Å²) < 4.78 is 316. The maximum atomic E-state index is 10.4. The van der Waals surface area contributed by atoms with Gasteiger partial charge in [-0.25, -0.2) is 0 Å². The Kier molecular flexibility index (Phi) is 2.68. The van der Waals surface area contributed by atoms with E-state index in [1.807, 2.05) is 0 Å². The molecule has 13 aromatic rings. The van der Waals surface area contributed by atoms with Crippen LogP contribution in [-0.2, 0) is 0 Å². The summed E-state index contributed by atoms with van der Waals surface area (Å²) >= 11 is 0. The highest BCUT2D eigenvalue weighted by atomic mass is 15.0. The number of hydrogen-bond donors (Lipinski definition) is 0. The quantitative estimate of drug-likeness (QED) is 0.170. The minimum Gasteiger partial charge on any atom is -0.309 e. The molecule has 4 nitrogen and oxygen atoms in total. The zero-order valence-electron chi connectivity index (χ0n) is 62.8. The summed E-state index contributed by atoms with van der Waals surface area (Å²) in [5, 5.41) is -5.27. The van der Waals surface area contributed by atoms with Crippen molar-refractivity contribution in [2.24, 2.45) is 0 Å². The van der Waals surface area contributed by atoms with Gasteiger partial charge in [0.25, 0.3) is 0 Å². The summed E-state index contributed by atoms with van der Waals surface area (Å²) in [6, 6.07) is -33.2. The van der Waals surface area contributed by atoms with Crippen molar-refractivity contribution in [3.63, 3.8) is 0 Å². The van der Waals surface area contributed by atoms with E-state index in [4.69, 9.17) is 26.0 Å². The standard InChI is InChI=1S/C54H34N4/c1-2-14-35(15-3-1)55-51-25-13-8-20-43(51)44-32-36(26-29-52(44)55)58-53-30-27-37(56-47-21-9-4-16-39(47)40-17-5-10-22-48(40)56)33-45(53)46-34-38(28-31-54(46)58)57-49-23-11-6-18-41(49)42-19-7-12-24-50(42)57/h1-34H/i1D,2D,3D,4D,5D,6D,7D,8D,9D,10D,11D,12D,13D,14D,15D,16D,17D,18D,19D,20D,21D,22D,23D,24D,25D,26D,27D,28D,29D,30D,31D,32D,33D,34D. The number of nitrogens with zero attached hydrogens (tertiary/aromatic N) is 4. The molecule has 270 valence electrons. The van der Waals surface area contributed by atoms with Crippen LogP contribution >= 0.6 is 0 Å². The van der Waals surface area contributed by atoms with Gasteiger partial charge in [-0.1, -0.05) is 109 Å². The highest BCUT2D eigenvalue weighted by Crippen LogP contribution is 2.41. The van der Waals surface area contributed by atoms with E-state index in [9.17, 15) is 20.6 Å². The molecule has 0 radical (unpaired) electrons. The molecular weight excluding hydrogens is 705 g/mol. The third kappa shape index (κ3) is 4.29. The van der Waals surface area contributed by atoms with Gasteiger partial charge in [-0.3, -0.25) is 0 Å². The van der Waals surface area contributed by atoms with Gasteiger partial charge in [0.1, 0.15) is 0 Å². The highest BCUT2D eigenvalue weighted by molar-refractivity contribution is 6.15. The molecule has 0 saturated heterocycles. The zero-order chi connectivity index (χ0) is 67.5. The minimum absolute atomic E-state index is 0.558. The van der Waals surface area contributed by atoms with Gasteiger partial charge in [-0.05, 0) is 96.7 Å². The van der Waals surface area contributed by atoms with E-state index in [0.717, 1.165) is 0 Å². The Morgan fingerprint density at radius 2 is 0.448 bits per heavy atom. The van der Waals surface area contributed by atoms with Crippen molar-refractivity contribution in [3.05, 3.63) is 205 Å². The topological polar surface area (TPSA) is 19.7 Å². The van der Waals surface area contributed by atoms with Crippen LogP contribution in [0.25, 0.3) is 110 Å². The first kappa shape index (κ1) is 13.1. The average Bonchev–Trinajstić information content (AvgIpc) is 1.52. The first-order chi connectivity index (χ1) is 43.0. The fourth-order valence-corrected chi connectivity index (χ4v) is 7.52. The predicted molar refractivity (Wildman–Crippen MR) is 244 cm³/mol. The largest absolute Gasteiger partial charge is 0.309 e. The third-order valence-electron chi connectivity index (χ3n) is 9.85. The summed E-state index contributed by atoms with van der Waals surface area (Å²) in [5.74, 6) is 0. The van der Waals surface area contributed by atoms with E-state index in [0.29, 0.717) is 18.3 Å². The van der Waals surface area contributed by atoms with Crippen molar-refractivity contribution in [3.8, 4) is 22.7 Å². The van der Waals surface area contributed by atoms with Gasteiger partial charge in [0.15, 0.2) is 0 Å². The van der Waals surface area contributed by atoms with E-state index in [2.05, 4.69) is 0 Å². The van der Waals surface area contributed by atoms with Crippen LogP contribution in [0.1, 0.15) is 46.6 Å². The number of hydrogen-bond acceptors (Lipinski definition) is 0. The van der Waals surface area contributed by atoms with Crippen LogP contribution in [0.2, 0.25) is 0 Å². The van der Waals surface area contributed by atoms with Crippen LogP contribution < -0.4 is 0 Å². The van der Waals surface area contributed by atoms with Gasteiger partial charge in [0.2, 0.25) is 0 Å². The molecule has 4 heteroatoms. The van der Waals surface area contributed by atoms with Gasteiger partial charge in [0, 0.05) is 65.8 Å². The predicted octanol–water partition coefficient (Wildman–Crippen LogP) is 14.1. The van der Waals surface area contributed by atoms with E-state index >= 15 is 0 Å². The number of fused-ring (bicyclic) bond motifs is 12. The number of aromatic nitrogens is 4. The number of benzene rings is 9. The minimum atomic E-state index is -1.17. The van der Waals surface area contributed by atoms with Gasteiger partial charge in [-0.15, -0.1) is 0 Å². The molecule has 0 atom stereocenters. The van der Waals surface area contributed by atoms with Gasteiger partial charge >= 0.3 is 0 Å². The molecule has 0 N–H and O–H groups in total. The third-order valence-corrected chi connectivity index (χ3v) is 9.85. The lowest BCUT2D eigenvalue weighted by Crippen LogP contribution is -1.97. The molecule has 0 aliphatic rings. The molecule has 0 bridgehead atoms. The Labute approximate surface area is 381 Å². The smallest absolute Gasteiger partial charge is 0.0652 e. The summed E-state index contributed by atoms with van der Waals surface area (Å²) in [7, 11) is 0. The van der Waals surface area contributed by atoms with Crippen LogP contribution in [0.15, 0.2) is 205 Å². The Morgan fingerprint density at radius 1 is 0.207 bits per heavy atom. The van der Waals surface area contributed by atoms with E-state index in [-0.39, 0.29) is 0 Å². The SMILES string of the molecule is [2H]c1c([2H])c([2H])c(-n2c3c([2H])c([2H])c([2H])c([2H])c3c3c([2H])c(-n4c5c([2H])c([2H])c(-n6c7c([2H])c([2H])c([2H])c([2H])c7c7c([2H])c([2H])c([2H])c([2H])c76)c([2H])c5c5c([2H])c(-n6c7c([2H])c([2H])c([2H])c([2H])c7c7c([2H])c([2H])c([2H])c([2H])c76)c([2H])c([2H])c54)c([2H])c([2H])c32)c([2H])c1[2H]. The van der Waals surface area contributed by atoms with Crippen LogP contribution in [0.3, 0.4) is 0 Å². The molecule has 4 aromatic heterocycles. The van der Waals surface area contributed by atoms with Gasteiger partial charge in [-0.2, -0.15) is 0 Å². The van der Waals surface area contributed by atoms with Crippen molar-refractivity contribution < 1.29 is 46.6 Å². The lowest BCUT2D eigenvalue weighted by molar-refractivity contribution is 1.16. The summed E-state index contributed by atoms with van der Waals surface area (Å²) in [4.78, 5) is 0. The maximum absolute atomic E-state index is 10.4. The lowest BCUT2D eigenvalue weighted by atomic mass is 10.1. The molecule has 0 saturated carbocycles. The van der Waals surface area contributed by atoms with Crippen molar-refractivity contribution in [1.82, 2.24) is 18.3 Å². The molecule has 13 rings (SSSR count). The summed E-state index contributed by atoms with van der Waals surface area (Å²) in [5.41, 5.74) is -9.51. The number of rotatable bonds is 4. The van der Waals surface area contributed by atoms with Crippen molar-refractivity contribution in [1.29, 1.82) is 0 Å². The van der Waals surface area contributed by atoms with Crippen LogP contribution in [-0.4, -0.2) is 18.3 Å². The van der Waals surface area contributed by atoms with Crippen molar-refractivity contribution in [2.45, 2.75) is 0 Å². The van der Waals surface area contributed by atoms with Crippen molar-refractivity contribution >= 4 is 87.2 Å². The van der Waals surface area contributed by atoms with E-state index in [1.165, 1.54) is 0 Å². The zero-order valence-corrected chi connectivity index (χ0v) is 28.8. The monoisotopic (exact) mass is 772 g/mol. The van der Waals surface area contributed by atoms with Crippen LogP contribution in [0.5, 0.6) is 0 Å². The lowest BCUT2D eigenvalue weighted by Gasteiger charge is -2.12. The molecule has 0 amide bonds. The van der Waals surface area contributed by atoms with Crippen molar-refractivity contribution in [2.75, 3.05) is 0 Å². The second kappa shape index (κ2) is 11.8. The maximum Gasteiger partial charge on any atom is 0.0652 e. The average molecular weight is 773 g/mol. The number of para-hydroxylation sites is 6. The van der Waals surface area contributed by atoms with Gasteiger partial charge in [0.05, 0.1) is 90.7 Å². The molecule has 58 heavy (non-hydrogen) atoms. The Hall–Kier alpha value is -7.82. The van der Waals surface area contributed by atoms with Crippen LogP contribution in [0.4, 0.5) is 0 Å². The first-order valence-corrected chi connectivity index (χ1v) is 17.2. The fourth-order valence-electron chi connectivity index (χ4n) is 7.52. The molecule has 0 aliphatic carbocycles. The normalized spacial score (nSPS) is 20.3. The Morgan fingerprint density at radius 3 is 0.793 bits per heavy atom. The molecule has 4 heterocycles. The summed E-state index contributed by atoms with van der Waals surface area (Å²) in [6.07, 6.45) is 0. The first-order valence-electron chi connectivity index (χ1n) is 34.2. The Balaban J connectivity index is 1.34. The molecule has 0 aliphatic heterocycles. The highest BCUT2D eigenvalue weighted by Gasteiger charge is 2.20. The van der Waals surface area contributed by atoms with E-state index in [1.54, 1.807) is 0 Å². The second-order valence-corrected chi connectivity index (χ2v) is 12.8. The van der Waals surface area contributed by atoms with Gasteiger partial charge < -0.3 is 18.3 Å². The van der Waals surface area contributed by atoms with E-state index < -0.39 is 315 Å². The summed E-state index contributed by atoms with van der Waals surface area (Å²) in [6.45, 7) is 0.